The molecule has 0 spiro atoms. The lowest BCUT2D eigenvalue weighted by Crippen LogP contribution is -2.50. The van der Waals surface area contributed by atoms with E-state index in [-0.39, 0.29) is 17.9 Å². The van der Waals surface area contributed by atoms with Crippen LogP contribution in [0, 0.1) is 12.8 Å². The summed E-state index contributed by atoms with van der Waals surface area (Å²) in [7, 11) is 0. The molecule has 3 rings (SSSR count). The zero-order valence-electron chi connectivity index (χ0n) is 16.3. The number of amides is 1. The van der Waals surface area contributed by atoms with Crippen LogP contribution in [0.15, 0.2) is 24.3 Å². The summed E-state index contributed by atoms with van der Waals surface area (Å²) in [6, 6.07) is 7.51. The Bertz CT molecular complexity index is 827. The lowest BCUT2D eigenvalue weighted by atomic mass is 9.86. The van der Waals surface area contributed by atoms with Gasteiger partial charge in [-0.15, -0.1) is 0 Å². The highest BCUT2D eigenvalue weighted by molar-refractivity contribution is 5.95. The fourth-order valence-electron chi connectivity index (χ4n) is 3.61. The minimum atomic E-state index is -0.526. The van der Waals surface area contributed by atoms with Gasteiger partial charge in [-0.05, 0) is 64.7 Å². The summed E-state index contributed by atoms with van der Waals surface area (Å²) in [5.74, 6) is 0.666. The van der Waals surface area contributed by atoms with E-state index in [1.165, 1.54) is 0 Å². The number of nitrogen functional groups attached to an aromatic ring is 1. The molecule has 27 heavy (non-hydrogen) atoms. The Kier molecular flexibility index (Phi) is 5.56. The average molecular weight is 371 g/mol. The molecule has 1 aromatic carbocycles. The number of carbonyl (C=O) groups is 1. The lowest BCUT2D eigenvalue weighted by molar-refractivity contribution is -0.128. The van der Waals surface area contributed by atoms with Crippen molar-refractivity contribution in [1.82, 2.24) is 10.3 Å². The predicted molar refractivity (Wildman–Crippen MR) is 107 cm³/mol. The predicted octanol–water partition coefficient (Wildman–Crippen LogP) is 2.95. The number of aliphatic hydroxyl groups is 1. The Labute approximate surface area is 160 Å². The summed E-state index contributed by atoms with van der Waals surface area (Å²) in [5.41, 5.74) is 7.95. The molecule has 4 N–H and O–H groups in total. The maximum atomic E-state index is 12.6. The van der Waals surface area contributed by atoms with E-state index < -0.39 is 5.54 Å². The summed E-state index contributed by atoms with van der Waals surface area (Å²) in [4.78, 5) is 17.1. The molecule has 1 aliphatic rings. The van der Waals surface area contributed by atoms with Crippen LogP contribution in [0.3, 0.4) is 0 Å². The van der Waals surface area contributed by atoms with Crippen LogP contribution in [0.5, 0.6) is 5.75 Å². The molecule has 0 saturated heterocycles. The van der Waals surface area contributed by atoms with Gasteiger partial charge in [0.2, 0.25) is 5.91 Å². The number of nitrogens with one attached hydrogen (secondary N) is 1. The van der Waals surface area contributed by atoms with Gasteiger partial charge in [-0.1, -0.05) is 6.07 Å². The quantitative estimate of drug-likeness (QED) is 0.751. The first-order valence-electron chi connectivity index (χ1n) is 9.54. The third-order valence-corrected chi connectivity index (χ3v) is 5.07. The second-order valence-corrected chi connectivity index (χ2v) is 8.17. The van der Waals surface area contributed by atoms with Crippen molar-refractivity contribution in [1.29, 1.82) is 0 Å². The molecule has 0 radical (unpaired) electrons. The number of rotatable bonds is 5. The minimum absolute atomic E-state index is 0.0326. The SMILES string of the molecule is Cc1cc(N)c2c(OCC(C)(C)NC(=O)[C@H]3CC[C@H](O)CC3)cccc2n1. The highest BCUT2D eigenvalue weighted by Gasteiger charge is 2.29. The number of nitrogens with two attached hydrogens (primary N) is 1. The second-order valence-electron chi connectivity index (χ2n) is 8.17. The molecule has 0 bridgehead atoms. The molecule has 146 valence electrons. The van der Waals surface area contributed by atoms with Crippen LogP contribution >= 0.6 is 0 Å². The van der Waals surface area contributed by atoms with Gasteiger partial charge >= 0.3 is 0 Å². The number of pyridine rings is 1. The number of benzene rings is 1. The van der Waals surface area contributed by atoms with Crippen molar-refractivity contribution in [2.75, 3.05) is 12.3 Å². The van der Waals surface area contributed by atoms with Crippen LogP contribution in [0.25, 0.3) is 10.9 Å². The van der Waals surface area contributed by atoms with Crippen LogP contribution in [-0.2, 0) is 4.79 Å². The van der Waals surface area contributed by atoms with Crippen LogP contribution in [0.4, 0.5) is 5.69 Å². The zero-order valence-corrected chi connectivity index (χ0v) is 16.3. The largest absolute Gasteiger partial charge is 0.490 e. The minimum Gasteiger partial charge on any atom is -0.490 e. The Morgan fingerprint density at radius 3 is 2.74 bits per heavy atom. The number of ether oxygens (including phenoxy) is 1. The van der Waals surface area contributed by atoms with Crippen LogP contribution < -0.4 is 15.8 Å². The normalized spacial score (nSPS) is 20.4. The first-order chi connectivity index (χ1) is 12.7. The van der Waals surface area contributed by atoms with E-state index in [0.717, 1.165) is 29.4 Å². The fourth-order valence-corrected chi connectivity index (χ4v) is 3.61. The van der Waals surface area contributed by atoms with E-state index in [1.54, 1.807) is 0 Å². The van der Waals surface area contributed by atoms with Crippen molar-refractivity contribution in [3.8, 4) is 5.75 Å². The molecule has 1 fully saturated rings. The van der Waals surface area contributed by atoms with E-state index in [2.05, 4.69) is 10.3 Å². The van der Waals surface area contributed by atoms with Crippen LogP contribution in [-0.4, -0.2) is 34.2 Å². The van der Waals surface area contributed by atoms with Gasteiger partial charge in [-0.2, -0.15) is 0 Å². The van der Waals surface area contributed by atoms with Gasteiger partial charge in [0.25, 0.3) is 0 Å². The second kappa shape index (κ2) is 7.72. The molecule has 1 aromatic heterocycles. The maximum absolute atomic E-state index is 12.6. The smallest absolute Gasteiger partial charge is 0.223 e. The van der Waals surface area contributed by atoms with Crippen molar-refractivity contribution in [3.05, 3.63) is 30.0 Å². The maximum Gasteiger partial charge on any atom is 0.223 e. The highest BCUT2D eigenvalue weighted by atomic mass is 16.5. The summed E-state index contributed by atoms with van der Waals surface area (Å²) >= 11 is 0. The number of nitrogens with zero attached hydrogens (tertiary/aromatic N) is 1. The van der Waals surface area contributed by atoms with Crippen molar-refractivity contribution >= 4 is 22.5 Å². The number of fused-ring (bicyclic) bond motifs is 1. The standard InChI is InChI=1S/C21H29N3O3/c1-13-11-16(22)19-17(23-13)5-4-6-18(19)27-12-21(2,3)24-20(26)14-7-9-15(25)10-8-14/h4-6,11,14-15,25H,7-10,12H2,1-3H3,(H2,22,23)(H,24,26)/t14-,15-. The third kappa shape index (κ3) is 4.69. The topological polar surface area (TPSA) is 97.5 Å². The zero-order chi connectivity index (χ0) is 19.6. The molecule has 6 nitrogen and oxygen atoms in total. The monoisotopic (exact) mass is 371 g/mol. The molecule has 1 heterocycles. The number of anilines is 1. The molecule has 2 aromatic rings. The van der Waals surface area contributed by atoms with Crippen LogP contribution in [0.1, 0.15) is 45.2 Å². The van der Waals surface area contributed by atoms with Crippen LogP contribution in [0.2, 0.25) is 0 Å². The number of hydrogen-bond acceptors (Lipinski definition) is 5. The molecule has 0 aliphatic heterocycles. The van der Waals surface area contributed by atoms with Gasteiger partial charge in [0.05, 0.1) is 22.5 Å². The van der Waals surface area contributed by atoms with Crippen molar-refractivity contribution < 1.29 is 14.6 Å². The third-order valence-electron chi connectivity index (χ3n) is 5.07. The highest BCUT2D eigenvalue weighted by Crippen LogP contribution is 2.31. The molecule has 1 saturated carbocycles. The summed E-state index contributed by atoms with van der Waals surface area (Å²) in [6.07, 6.45) is 2.58. The number of aromatic nitrogens is 1. The van der Waals surface area contributed by atoms with Gasteiger partial charge in [0.15, 0.2) is 0 Å². The average Bonchev–Trinajstić information content (AvgIpc) is 2.59. The van der Waals surface area contributed by atoms with Crippen molar-refractivity contribution in [2.24, 2.45) is 5.92 Å². The summed E-state index contributed by atoms with van der Waals surface area (Å²) in [5, 5.41) is 13.5. The first kappa shape index (κ1) is 19.4. The van der Waals surface area contributed by atoms with E-state index >= 15 is 0 Å². The fraction of sp³-hybridized carbons (Fsp3) is 0.524. The molecule has 1 amide bonds. The van der Waals surface area contributed by atoms with Gasteiger partial charge in [0.1, 0.15) is 12.4 Å². The van der Waals surface area contributed by atoms with E-state index in [4.69, 9.17) is 10.5 Å². The Balaban J connectivity index is 1.67. The molecule has 0 atom stereocenters. The number of aliphatic hydroxyl groups excluding tert-OH is 1. The Morgan fingerprint density at radius 1 is 1.33 bits per heavy atom. The van der Waals surface area contributed by atoms with Gasteiger partial charge in [-0.25, -0.2) is 0 Å². The first-order valence-corrected chi connectivity index (χ1v) is 9.54. The van der Waals surface area contributed by atoms with E-state index in [9.17, 15) is 9.90 Å². The number of hydrogen-bond donors (Lipinski definition) is 3. The van der Waals surface area contributed by atoms with E-state index in [0.29, 0.717) is 30.9 Å². The molecule has 0 unspecified atom stereocenters. The van der Waals surface area contributed by atoms with Crippen molar-refractivity contribution in [2.45, 2.75) is 58.1 Å². The lowest BCUT2D eigenvalue weighted by Gasteiger charge is -2.31. The summed E-state index contributed by atoms with van der Waals surface area (Å²) < 4.78 is 6.04. The summed E-state index contributed by atoms with van der Waals surface area (Å²) in [6.45, 7) is 6.12. The molecular weight excluding hydrogens is 342 g/mol. The Morgan fingerprint density at radius 2 is 2.04 bits per heavy atom. The molecule has 6 heteroatoms. The number of carbonyl (C=O) groups excluding carboxylic acids is 1. The van der Waals surface area contributed by atoms with Gasteiger partial charge in [-0.3, -0.25) is 9.78 Å². The molecular formula is C21H29N3O3. The van der Waals surface area contributed by atoms with E-state index in [1.807, 2.05) is 45.0 Å². The van der Waals surface area contributed by atoms with Gasteiger partial charge < -0.3 is 20.9 Å². The Hall–Kier alpha value is -2.34. The number of aryl methyl sites for hydroxylation is 1. The molecule has 1 aliphatic carbocycles. The van der Waals surface area contributed by atoms with Gasteiger partial charge in [0, 0.05) is 17.3 Å². The van der Waals surface area contributed by atoms with Crippen molar-refractivity contribution in [3.63, 3.8) is 0 Å².